The third-order valence-electron chi connectivity index (χ3n) is 4.63. The fourth-order valence-electron chi connectivity index (χ4n) is 2.19. The minimum Gasteiger partial charge on any atom is -0.411 e. The lowest BCUT2D eigenvalue weighted by Crippen LogP contribution is -2.51. The maximum atomic E-state index is 12.5. The molecular weight excluding hydrogens is 292 g/mol. The first-order valence-corrected chi connectivity index (χ1v) is 11.8. The zero-order valence-electron chi connectivity index (χ0n) is 13.9. The molecule has 0 aromatic rings. The predicted octanol–water partition coefficient (Wildman–Crippen LogP) is 2.73. The van der Waals surface area contributed by atoms with E-state index in [0.717, 1.165) is 0 Å². The van der Waals surface area contributed by atoms with E-state index in [4.69, 9.17) is 4.43 Å². The average Bonchev–Trinajstić information content (AvgIpc) is 2.91. The maximum Gasteiger partial charge on any atom is 0.192 e. The van der Waals surface area contributed by atoms with Crippen molar-refractivity contribution in [1.82, 2.24) is 0 Å². The van der Waals surface area contributed by atoms with Gasteiger partial charge in [0.1, 0.15) is 0 Å². The van der Waals surface area contributed by atoms with Gasteiger partial charge in [0.25, 0.3) is 0 Å². The molecule has 0 atom stereocenters. The summed E-state index contributed by atoms with van der Waals surface area (Å²) in [5.74, 6) is -0.0208. The summed E-state index contributed by atoms with van der Waals surface area (Å²) in [6, 6.07) is 0. The van der Waals surface area contributed by atoms with Gasteiger partial charge >= 0.3 is 0 Å². The number of hydrogen-bond acceptors (Lipinski definition) is 4. The van der Waals surface area contributed by atoms with Crippen molar-refractivity contribution in [1.29, 1.82) is 0 Å². The van der Waals surface area contributed by atoms with Crippen molar-refractivity contribution in [3.63, 3.8) is 0 Å². The molecule has 0 aromatic heterocycles. The molecule has 4 nitrogen and oxygen atoms in total. The summed E-state index contributed by atoms with van der Waals surface area (Å²) in [5, 5.41) is 9.38. The summed E-state index contributed by atoms with van der Waals surface area (Å²) in [5.41, 5.74) is -0.716. The molecule has 0 spiro atoms. The van der Waals surface area contributed by atoms with Crippen molar-refractivity contribution in [2.75, 3.05) is 12.4 Å². The van der Waals surface area contributed by atoms with E-state index < -0.39 is 28.5 Å². The quantitative estimate of drug-likeness (QED) is 0.764. The second-order valence-corrected chi connectivity index (χ2v) is 15.3. The molecule has 1 fully saturated rings. The third kappa shape index (κ3) is 3.64. The molecule has 1 saturated carbocycles. The summed E-state index contributed by atoms with van der Waals surface area (Å²) in [7, 11) is -5.34. The van der Waals surface area contributed by atoms with E-state index in [0.29, 0.717) is 12.8 Å². The van der Waals surface area contributed by atoms with Gasteiger partial charge in [0.15, 0.2) is 18.2 Å². The zero-order valence-corrected chi connectivity index (χ0v) is 15.7. The normalized spacial score (nSPS) is 20.0. The molecular formula is C14H30O4SSi. The van der Waals surface area contributed by atoms with Gasteiger partial charge in [-0.2, -0.15) is 0 Å². The van der Waals surface area contributed by atoms with Crippen LogP contribution in [-0.2, 0) is 14.3 Å². The van der Waals surface area contributed by atoms with Gasteiger partial charge in [0.2, 0.25) is 0 Å². The Balaban J connectivity index is 2.86. The Morgan fingerprint density at radius 2 is 1.60 bits per heavy atom. The lowest BCUT2D eigenvalue weighted by atomic mass is 10.2. The summed E-state index contributed by atoms with van der Waals surface area (Å²) >= 11 is 0. The first-order chi connectivity index (χ1) is 8.68. The van der Waals surface area contributed by atoms with Gasteiger partial charge in [-0.1, -0.05) is 20.8 Å². The van der Waals surface area contributed by atoms with Crippen molar-refractivity contribution >= 4 is 18.2 Å². The van der Waals surface area contributed by atoms with Crippen LogP contribution in [0.1, 0.15) is 47.5 Å². The minimum absolute atomic E-state index is 0.0208. The summed E-state index contributed by atoms with van der Waals surface area (Å²) in [4.78, 5) is 0. The first-order valence-electron chi connectivity index (χ1n) is 7.21. The summed E-state index contributed by atoms with van der Waals surface area (Å²) < 4.78 is 30.3. The van der Waals surface area contributed by atoms with Crippen LogP contribution in [-0.4, -0.2) is 44.5 Å². The van der Waals surface area contributed by atoms with Gasteiger partial charge in [-0.3, -0.25) is 0 Å². The van der Waals surface area contributed by atoms with Crippen LogP contribution in [0, 0.1) is 0 Å². The number of aliphatic hydroxyl groups is 1. The molecule has 0 saturated heterocycles. The highest BCUT2D eigenvalue weighted by molar-refractivity contribution is 7.93. The van der Waals surface area contributed by atoms with Crippen LogP contribution < -0.4 is 0 Å². The third-order valence-corrected chi connectivity index (χ3v) is 12.2. The molecule has 1 rings (SSSR count). The van der Waals surface area contributed by atoms with Crippen LogP contribution in [0.3, 0.4) is 0 Å². The summed E-state index contributed by atoms with van der Waals surface area (Å²) in [6.07, 6.45) is 1.14. The molecule has 6 heteroatoms. The van der Waals surface area contributed by atoms with E-state index in [9.17, 15) is 13.5 Å². The lowest BCUT2D eigenvalue weighted by molar-refractivity contribution is 0.114. The molecule has 20 heavy (non-hydrogen) atoms. The van der Waals surface area contributed by atoms with Gasteiger partial charge in [-0.15, -0.1) is 0 Å². The van der Waals surface area contributed by atoms with Crippen LogP contribution in [0.2, 0.25) is 18.1 Å². The SMILES string of the molecule is CC(C)(CS(=O)(=O)C1(CO)CC1)O[Si](C)(C)C(C)(C)C. The Morgan fingerprint density at radius 1 is 1.15 bits per heavy atom. The van der Waals surface area contributed by atoms with E-state index in [1.54, 1.807) is 0 Å². The van der Waals surface area contributed by atoms with Crippen LogP contribution in [0.25, 0.3) is 0 Å². The standard InChI is InChI=1S/C14H30O4SSi/c1-12(2,3)20(6,7)18-13(4,5)11-19(16,17)14(10-15)8-9-14/h15H,8-11H2,1-7H3. The van der Waals surface area contributed by atoms with Gasteiger partial charge in [-0.25, -0.2) is 8.42 Å². The van der Waals surface area contributed by atoms with Crippen molar-refractivity contribution < 1.29 is 18.0 Å². The molecule has 0 bridgehead atoms. The van der Waals surface area contributed by atoms with Crippen molar-refractivity contribution in [2.45, 2.75) is 75.9 Å². The van der Waals surface area contributed by atoms with Crippen molar-refractivity contribution in [3.05, 3.63) is 0 Å². The molecule has 0 aromatic carbocycles. The van der Waals surface area contributed by atoms with Crippen molar-refractivity contribution in [2.24, 2.45) is 0 Å². The van der Waals surface area contributed by atoms with Gasteiger partial charge < -0.3 is 9.53 Å². The highest BCUT2D eigenvalue weighted by atomic mass is 32.2. The van der Waals surface area contributed by atoms with Gasteiger partial charge in [-0.05, 0) is 44.8 Å². The Hall–Kier alpha value is 0.0869. The second-order valence-electron chi connectivity index (χ2n) is 8.22. The van der Waals surface area contributed by atoms with Gasteiger partial charge in [0.05, 0.1) is 22.7 Å². The van der Waals surface area contributed by atoms with E-state index in [-0.39, 0.29) is 17.4 Å². The Bertz CT molecular complexity index is 456. The largest absolute Gasteiger partial charge is 0.411 e. The molecule has 120 valence electrons. The predicted molar refractivity (Wildman–Crippen MR) is 85.2 cm³/mol. The van der Waals surface area contributed by atoms with Gasteiger partial charge in [0, 0.05) is 0 Å². The molecule has 0 heterocycles. The molecule has 0 radical (unpaired) electrons. The highest BCUT2D eigenvalue weighted by Crippen LogP contribution is 2.45. The monoisotopic (exact) mass is 322 g/mol. The topological polar surface area (TPSA) is 63.6 Å². The minimum atomic E-state index is -3.33. The van der Waals surface area contributed by atoms with Crippen LogP contribution in [0.15, 0.2) is 0 Å². The summed E-state index contributed by atoms with van der Waals surface area (Å²) in [6.45, 7) is 14.1. The Labute approximate surface area is 125 Å². The number of hydrogen-bond donors (Lipinski definition) is 1. The molecule has 0 unspecified atom stereocenters. The van der Waals surface area contributed by atoms with E-state index in [1.807, 2.05) is 13.8 Å². The fraction of sp³-hybridized carbons (Fsp3) is 1.00. The average molecular weight is 323 g/mol. The van der Waals surface area contributed by atoms with Crippen LogP contribution >= 0.6 is 0 Å². The Kier molecular flexibility index (Phi) is 4.60. The smallest absolute Gasteiger partial charge is 0.192 e. The lowest BCUT2D eigenvalue weighted by Gasteiger charge is -2.43. The number of sulfone groups is 1. The highest BCUT2D eigenvalue weighted by Gasteiger charge is 2.55. The second kappa shape index (κ2) is 5.07. The zero-order chi connectivity index (χ0) is 16.0. The molecule has 1 aliphatic rings. The number of rotatable bonds is 6. The molecule has 0 amide bonds. The van der Waals surface area contributed by atoms with E-state index >= 15 is 0 Å². The fourth-order valence-corrected chi connectivity index (χ4v) is 6.26. The maximum absolute atomic E-state index is 12.5. The number of aliphatic hydroxyl groups excluding tert-OH is 1. The van der Waals surface area contributed by atoms with Crippen LogP contribution in [0.5, 0.6) is 0 Å². The molecule has 0 aliphatic heterocycles. The van der Waals surface area contributed by atoms with Crippen LogP contribution in [0.4, 0.5) is 0 Å². The van der Waals surface area contributed by atoms with E-state index in [1.165, 1.54) is 0 Å². The first kappa shape index (κ1) is 18.1. The Morgan fingerprint density at radius 3 is 1.90 bits per heavy atom. The van der Waals surface area contributed by atoms with Crippen molar-refractivity contribution in [3.8, 4) is 0 Å². The molecule has 1 aliphatic carbocycles. The molecule has 1 N–H and O–H groups in total. The van der Waals surface area contributed by atoms with E-state index in [2.05, 4.69) is 33.9 Å².